The van der Waals surface area contributed by atoms with Gasteiger partial charge >= 0.3 is 0 Å². The molecule has 2 aromatic rings. The van der Waals surface area contributed by atoms with E-state index < -0.39 is 10.8 Å². The van der Waals surface area contributed by atoms with E-state index in [0.717, 1.165) is 17.0 Å². The molecule has 2 aromatic carbocycles. The number of fused-ring (bicyclic) bond motifs is 1. The number of ether oxygens (including phenoxy) is 1. The number of nitro benzene ring substituents is 1. The molecule has 0 N–H and O–H groups in total. The van der Waals surface area contributed by atoms with Gasteiger partial charge in [-0.15, -0.1) is 0 Å². The number of carbonyl (C=O) groups is 1. The van der Waals surface area contributed by atoms with Gasteiger partial charge in [-0.1, -0.05) is 23.9 Å². The summed E-state index contributed by atoms with van der Waals surface area (Å²) >= 11 is 1.45. The quantitative estimate of drug-likeness (QED) is 0.545. The zero-order valence-corrected chi connectivity index (χ0v) is 17.0. The van der Waals surface area contributed by atoms with Crippen molar-refractivity contribution >= 4 is 29.0 Å². The Kier molecular flexibility index (Phi) is 5.33. The second kappa shape index (κ2) is 8.08. The van der Waals surface area contributed by atoms with Crippen molar-refractivity contribution in [3.63, 3.8) is 0 Å². The molecule has 8 nitrogen and oxygen atoms in total. The Labute approximate surface area is 177 Å². The Morgan fingerprint density at radius 2 is 1.90 bits per heavy atom. The van der Waals surface area contributed by atoms with E-state index in [4.69, 9.17) is 4.74 Å². The lowest BCUT2D eigenvalue weighted by atomic mass is 9.86. The Morgan fingerprint density at radius 1 is 1.20 bits per heavy atom. The zero-order valence-electron chi connectivity index (χ0n) is 16.1. The molecule has 4 rings (SSSR count). The highest BCUT2D eigenvalue weighted by molar-refractivity contribution is 8.03. The number of allylic oxidation sites excluding steroid dienone is 1. The summed E-state index contributed by atoms with van der Waals surface area (Å²) in [7, 11) is 1.61. The Balaban J connectivity index is 1.61. The van der Waals surface area contributed by atoms with Crippen molar-refractivity contribution in [2.75, 3.05) is 24.6 Å². The maximum Gasteiger partial charge on any atom is 0.269 e. The van der Waals surface area contributed by atoms with E-state index in [9.17, 15) is 20.2 Å². The normalized spacial score (nSPS) is 18.7. The van der Waals surface area contributed by atoms with Crippen LogP contribution in [0.2, 0.25) is 0 Å². The molecule has 1 fully saturated rings. The first-order valence-corrected chi connectivity index (χ1v) is 10.2. The lowest BCUT2D eigenvalue weighted by molar-refractivity contribution is -0.384. The Hall–Kier alpha value is -3.51. The summed E-state index contributed by atoms with van der Waals surface area (Å²) in [5.74, 6) is 0.896. The molecule has 0 saturated carbocycles. The van der Waals surface area contributed by atoms with E-state index in [1.165, 1.54) is 23.9 Å². The van der Waals surface area contributed by atoms with Gasteiger partial charge < -0.3 is 9.64 Å². The van der Waals surface area contributed by atoms with Gasteiger partial charge in [0.25, 0.3) is 5.69 Å². The van der Waals surface area contributed by atoms with E-state index in [1.807, 2.05) is 24.3 Å². The first kappa shape index (κ1) is 19.8. The maximum atomic E-state index is 12.9. The van der Waals surface area contributed by atoms with Gasteiger partial charge in [0, 0.05) is 30.2 Å². The molecule has 0 bridgehead atoms. The predicted octanol–water partition coefficient (Wildman–Crippen LogP) is 3.82. The number of non-ortho nitro benzene ring substituents is 1. The van der Waals surface area contributed by atoms with Crippen LogP contribution in [0.5, 0.6) is 5.75 Å². The number of rotatable bonds is 4. The minimum atomic E-state index is -0.466. The van der Waals surface area contributed by atoms with Crippen molar-refractivity contribution in [2.45, 2.75) is 12.3 Å². The average molecular weight is 422 g/mol. The fourth-order valence-electron chi connectivity index (χ4n) is 3.63. The van der Waals surface area contributed by atoms with Gasteiger partial charge in [0.05, 0.1) is 41.2 Å². The number of nitriles is 1. The predicted molar refractivity (Wildman–Crippen MR) is 113 cm³/mol. The third kappa shape index (κ3) is 3.57. The van der Waals surface area contributed by atoms with Crippen molar-refractivity contribution in [3.8, 4) is 11.8 Å². The number of nitro groups is 1. The van der Waals surface area contributed by atoms with Crippen molar-refractivity contribution < 1.29 is 14.5 Å². The number of amides is 1. The number of hydrogen-bond acceptors (Lipinski definition) is 7. The second-order valence-corrected chi connectivity index (χ2v) is 7.84. The largest absolute Gasteiger partial charge is 0.497 e. The molecular formula is C21H18N4O4S. The molecule has 2 aliphatic rings. The van der Waals surface area contributed by atoms with Crippen LogP contribution in [0.25, 0.3) is 0 Å². The SMILES string of the molecule is COc1ccc(N2CSC3=C(C#N)[C@@H](c4ccc([N+](=O)[O-])cc4)CC(=O)N3C2)cc1. The maximum absolute atomic E-state index is 12.9. The Morgan fingerprint density at radius 3 is 2.50 bits per heavy atom. The number of nitrogens with zero attached hydrogens (tertiary/aromatic N) is 4. The summed E-state index contributed by atoms with van der Waals surface area (Å²) in [5.41, 5.74) is 2.21. The molecule has 30 heavy (non-hydrogen) atoms. The first-order chi connectivity index (χ1) is 14.5. The highest BCUT2D eigenvalue weighted by atomic mass is 32.2. The van der Waals surface area contributed by atoms with Gasteiger partial charge in [-0.2, -0.15) is 5.26 Å². The first-order valence-electron chi connectivity index (χ1n) is 9.22. The molecular weight excluding hydrogens is 404 g/mol. The molecule has 0 spiro atoms. The molecule has 0 aliphatic carbocycles. The smallest absolute Gasteiger partial charge is 0.269 e. The van der Waals surface area contributed by atoms with Crippen LogP contribution in [0.4, 0.5) is 11.4 Å². The van der Waals surface area contributed by atoms with Crippen molar-refractivity contribution in [2.24, 2.45) is 0 Å². The van der Waals surface area contributed by atoms with Crippen LogP contribution in [0, 0.1) is 21.4 Å². The van der Waals surface area contributed by atoms with Crippen LogP contribution >= 0.6 is 11.8 Å². The summed E-state index contributed by atoms with van der Waals surface area (Å²) in [4.78, 5) is 27.1. The van der Waals surface area contributed by atoms with E-state index in [1.54, 1.807) is 24.1 Å². The average Bonchev–Trinajstić information content (AvgIpc) is 2.79. The Bertz CT molecular complexity index is 1060. The fraction of sp³-hybridized carbons (Fsp3) is 0.238. The highest BCUT2D eigenvalue weighted by Crippen LogP contribution is 2.43. The number of anilines is 1. The number of thioether (sulfide) groups is 1. The lowest BCUT2D eigenvalue weighted by Crippen LogP contribution is -2.47. The minimum Gasteiger partial charge on any atom is -0.497 e. The number of benzene rings is 2. The van der Waals surface area contributed by atoms with Gasteiger partial charge in [-0.3, -0.25) is 19.8 Å². The molecule has 0 radical (unpaired) electrons. The van der Waals surface area contributed by atoms with Crippen LogP contribution in [-0.2, 0) is 4.79 Å². The summed E-state index contributed by atoms with van der Waals surface area (Å²) in [6.07, 6.45) is 0.154. The molecule has 0 unspecified atom stereocenters. The lowest BCUT2D eigenvalue weighted by Gasteiger charge is -2.42. The molecule has 1 amide bonds. The van der Waals surface area contributed by atoms with E-state index >= 15 is 0 Å². The van der Waals surface area contributed by atoms with Crippen LogP contribution in [0.1, 0.15) is 17.9 Å². The molecule has 1 atom stereocenters. The topological polar surface area (TPSA) is 99.7 Å². The van der Waals surface area contributed by atoms with Crippen LogP contribution in [0.3, 0.4) is 0 Å². The van der Waals surface area contributed by atoms with Gasteiger partial charge in [-0.25, -0.2) is 0 Å². The highest BCUT2D eigenvalue weighted by Gasteiger charge is 2.38. The van der Waals surface area contributed by atoms with Crippen LogP contribution < -0.4 is 9.64 Å². The fourth-order valence-corrected chi connectivity index (χ4v) is 4.80. The van der Waals surface area contributed by atoms with Gasteiger partial charge in [0.1, 0.15) is 5.75 Å². The van der Waals surface area contributed by atoms with Crippen LogP contribution in [-0.4, -0.2) is 35.4 Å². The molecule has 0 aromatic heterocycles. The minimum absolute atomic E-state index is 0.0177. The molecule has 1 saturated heterocycles. The summed E-state index contributed by atoms with van der Waals surface area (Å²) in [5, 5.41) is 21.4. The number of hydrogen-bond donors (Lipinski definition) is 0. The van der Waals surface area contributed by atoms with Crippen molar-refractivity contribution in [3.05, 3.63) is 74.8 Å². The monoisotopic (exact) mass is 422 g/mol. The van der Waals surface area contributed by atoms with E-state index in [2.05, 4.69) is 11.0 Å². The van der Waals surface area contributed by atoms with E-state index in [0.29, 0.717) is 23.1 Å². The molecule has 2 heterocycles. The van der Waals surface area contributed by atoms with Crippen LogP contribution in [0.15, 0.2) is 59.1 Å². The van der Waals surface area contributed by atoms with Gasteiger partial charge in [0.15, 0.2) is 0 Å². The van der Waals surface area contributed by atoms with Gasteiger partial charge in [0.2, 0.25) is 5.91 Å². The standard InChI is InChI=1S/C21H18N4O4S/c1-29-17-8-6-15(7-9-17)23-12-24-20(26)10-18(19(11-22)21(24)30-13-23)14-2-4-16(5-3-14)25(27)28/h2-9,18H,10,12-13H2,1H3/t18-/m1/s1. The van der Waals surface area contributed by atoms with E-state index in [-0.39, 0.29) is 18.0 Å². The number of carbonyl (C=O) groups excluding carboxylic acids is 1. The van der Waals surface area contributed by atoms with Crippen molar-refractivity contribution in [1.29, 1.82) is 5.26 Å². The third-order valence-corrected chi connectivity index (χ3v) is 6.39. The molecule has 9 heteroatoms. The molecule has 152 valence electrons. The molecule has 2 aliphatic heterocycles. The summed E-state index contributed by atoms with van der Waals surface area (Å²) in [6, 6.07) is 16.0. The summed E-state index contributed by atoms with van der Waals surface area (Å²) in [6.45, 7) is 0.367. The third-order valence-electron chi connectivity index (χ3n) is 5.24. The van der Waals surface area contributed by atoms with Gasteiger partial charge in [-0.05, 0) is 29.8 Å². The zero-order chi connectivity index (χ0) is 21.3. The number of methoxy groups -OCH3 is 1. The van der Waals surface area contributed by atoms with Crippen molar-refractivity contribution in [1.82, 2.24) is 4.90 Å². The summed E-state index contributed by atoms with van der Waals surface area (Å²) < 4.78 is 5.19. The second-order valence-electron chi connectivity index (χ2n) is 6.91.